The monoisotopic (exact) mass is 464 g/mol. The van der Waals surface area contributed by atoms with Crippen LogP contribution in [0.5, 0.6) is 0 Å². The molecule has 2 aromatic heterocycles. The largest absolute Gasteiger partial charge is 0.466 e. The minimum atomic E-state index is -0.751. The van der Waals surface area contributed by atoms with Crippen LogP contribution in [0.2, 0.25) is 0 Å². The number of nitrogens with one attached hydrogen (secondary N) is 1. The van der Waals surface area contributed by atoms with Gasteiger partial charge in [0.1, 0.15) is 11.8 Å². The number of nitrogens with zero attached hydrogens (tertiary/aromatic N) is 3. The van der Waals surface area contributed by atoms with Crippen LogP contribution in [0.25, 0.3) is 11.2 Å². The number of Topliss-reactive ketones (excluding diaryl/α,β-unsaturated/α-hetero) is 1. The molecule has 0 radical (unpaired) electrons. The number of aromatic nitrogens is 4. The molecule has 2 rings (SSSR count). The third kappa shape index (κ3) is 7.97. The van der Waals surface area contributed by atoms with E-state index in [0.29, 0.717) is 31.5 Å². The number of carbonyl (C=O) groups is 3. The summed E-state index contributed by atoms with van der Waals surface area (Å²) >= 11 is 0. The van der Waals surface area contributed by atoms with Crippen molar-refractivity contribution in [2.45, 2.75) is 59.0 Å². The Labute approximate surface area is 191 Å². The second-order valence-corrected chi connectivity index (χ2v) is 8.35. The van der Waals surface area contributed by atoms with Crippen molar-refractivity contribution in [1.82, 2.24) is 19.5 Å². The molecule has 2 atom stereocenters. The normalized spacial score (nSPS) is 13.1. The van der Waals surface area contributed by atoms with Gasteiger partial charge in [-0.15, -0.1) is 0 Å². The van der Waals surface area contributed by atoms with E-state index in [1.54, 1.807) is 4.57 Å². The summed E-state index contributed by atoms with van der Waals surface area (Å²) in [4.78, 5) is 57.7. The molecule has 0 aromatic carbocycles. The molecule has 33 heavy (non-hydrogen) atoms. The fourth-order valence-corrected chi connectivity index (χ4v) is 3.07. The minimum Gasteiger partial charge on any atom is -0.466 e. The van der Waals surface area contributed by atoms with Crippen molar-refractivity contribution < 1.29 is 23.9 Å². The Morgan fingerprint density at radius 1 is 1.21 bits per heavy atom. The number of ether oxygens (including phenoxy) is 2. The van der Waals surface area contributed by atoms with Crippen LogP contribution < -0.4 is 17.0 Å². The Morgan fingerprint density at radius 2 is 1.94 bits per heavy atom. The van der Waals surface area contributed by atoms with E-state index >= 15 is 0 Å². The Morgan fingerprint density at radius 3 is 2.61 bits per heavy atom. The van der Waals surface area contributed by atoms with Crippen LogP contribution in [-0.2, 0) is 30.4 Å². The number of hydrogen-bond acceptors (Lipinski definition) is 10. The Kier molecular flexibility index (Phi) is 9.52. The van der Waals surface area contributed by atoms with Gasteiger partial charge in [-0.1, -0.05) is 13.8 Å². The second kappa shape index (κ2) is 12.1. The van der Waals surface area contributed by atoms with E-state index in [1.165, 1.54) is 13.3 Å². The van der Waals surface area contributed by atoms with Crippen LogP contribution in [0, 0.1) is 11.8 Å². The first-order valence-corrected chi connectivity index (χ1v) is 10.9. The number of esters is 2. The highest BCUT2D eigenvalue weighted by atomic mass is 16.5. The van der Waals surface area contributed by atoms with Crippen LogP contribution in [0.4, 0.5) is 5.95 Å². The van der Waals surface area contributed by atoms with Gasteiger partial charge in [0.15, 0.2) is 11.2 Å². The van der Waals surface area contributed by atoms with Crippen molar-refractivity contribution in [3.8, 4) is 0 Å². The molecule has 0 saturated heterocycles. The lowest BCUT2D eigenvalue weighted by Crippen LogP contribution is -2.38. The zero-order chi connectivity index (χ0) is 24.5. The maximum atomic E-state index is 12.2. The third-order valence-electron chi connectivity index (χ3n) is 5.10. The lowest BCUT2D eigenvalue weighted by molar-refractivity contribution is -0.149. The Balaban J connectivity index is 2.04. The number of carbonyl (C=O) groups excluding carboxylic acids is 3. The zero-order valence-corrected chi connectivity index (χ0v) is 19.2. The molecular weight excluding hydrogens is 432 g/mol. The van der Waals surface area contributed by atoms with Gasteiger partial charge in [-0.3, -0.25) is 19.4 Å². The van der Waals surface area contributed by atoms with Gasteiger partial charge in [-0.2, -0.15) is 4.98 Å². The summed E-state index contributed by atoms with van der Waals surface area (Å²) < 4.78 is 12.3. The molecule has 0 saturated carbocycles. The maximum absolute atomic E-state index is 12.2. The Hall–Kier alpha value is -3.28. The van der Waals surface area contributed by atoms with Gasteiger partial charge >= 0.3 is 11.9 Å². The molecule has 182 valence electrons. The number of nitrogens with two attached hydrogens (primary N) is 2. The second-order valence-electron chi connectivity index (χ2n) is 8.35. The molecule has 0 fully saturated rings. The van der Waals surface area contributed by atoms with Crippen LogP contribution in [-0.4, -0.2) is 56.5 Å². The standard InChI is InChI=1S/C21H32N6O6/c1-12(2)16(22)20(31)33-10-14(7-8-32-15(29)6-4-5-13(3)28)9-27-11-24-17-18(27)25-21(23)26-19(17)30/h11-12,14,16H,4-10,22H2,1-3H3,(H3,23,25,26,30)/t14?,16-/m0/s1. The minimum absolute atomic E-state index is 0.0185. The molecule has 12 heteroatoms. The third-order valence-corrected chi connectivity index (χ3v) is 5.10. The average Bonchev–Trinajstić information content (AvgIpc) is 3.13. The summed E-state index contributed by atoms with van der Waals surface area (Å²) in [5, 5.41) is 0. The van der Waals surface area contributed by atoms with Crippen LogP contribution >= 0.6 is 0 Å². The highest BCUT2D eigenvalue weighted by molar-refractivity contribution is 5.76. The number of H-pyrrole nitrogens is 1. The van der Waals surface area contributed by atoms with Crippen LogP contribution in [0.15, 0.2) is 11.1 Å². The Bertz CT molecular complexity index is 1030. The molecule has 12 nitrogen and oxygen atoms in total. The fraction of sp³-hybridized carbons (Fsp3) is 0.619. The number of hydrogen-bond donors (Lipinski definition) is 3. The molecule has 0 amide bonds. The van der Waals surface area contributed by atoms with E-state index < -0.39 is 23.5 Å². The van der Waals surface area contributed by atoms with Crippen molar-refractivity contribution in [3.63, 3.8) is 0 Å². The van der Waals surface area contributed by atoms with Gasteiger partial charge in [-0.05, 0) is 25.7 Å². The first-order chi connectivity index (χ1) is 15.6. The van der Waals surface area contributed by atoms with Crippen LogP contribution in [0.1, 0.15) is 46.5 Å². The van der Waals surface area contributed by atoms with Crippen LogP contribution in [0.3, 0.4) is 0 Å². The quantitative estimate of drug-likeness (QED) is 0.353. The van der Waals surface area contributed by atoms with E-state index in [-0.39, 0.29) is 48.7 Å². The number of fused-ring (bicyclic) bond motifs is 1. The molecule has 2 heterocycles. The maximum Gasteiger partial charge on any atom is 0.323 e. The van der Waals surface area contributed by atoms with Crippen molar-refractivity contribution in [2.24, 2.45) is 17.6 Å². The summed E-state index contributed by atoms with van der Waals surface area (Å²) in [6.07, 6.45) is 2.74. The first kappa shape index (κ1) is 26.0. The summed E-state index contributed by atoms with van der Waals surface area (Å²) in [6, 6.07) is -0.751. The zero-order valence-electron chi connectivity index (χ0n) is 19.2. The number of imidazole rings is 1. The van der Waals surface area contributed by atoms with Gasteiger partial charge in [0, 0.05) is 25.3 Å². The lowest BCUT2D eigenvalue weighted by atomic mass is 10.1. The molecule has 0 spiro atoms. The molecule has 5 N–H and O–H groups in total. The fourth-order valence-electron chi connectivity index (χ4n) is 3.07. The molecule has 2 aromatic rings. The summed E-state index contributed by atoms with van der Waals surface area (Å²) in [7, 11) is 0. The molecular formula is C21H32N6O6. The number of anilines is 1. The predicted molar refractivity (Wildman–Crippen MR) is 120 cm³/mol. The highest BCUT2D eigenvalue weighted by Gasteiger charge is 2.22. The first-order valence-electron chi connectivity index (χ1n) is 10.9. The number of rotatable bonds is 13. The van der Waals surface area contributed by atoms with Gasteiger partial charge in [0.2, 0.25) is 5.95 Å². The van der Waals surface area contributed by atoms with E-state index in [1.807, 2.05) is 13.8 Å². The van der Waals surface area contributed by atoms with Gasteiger partial charge < -0.3 is 30.3 Å². The van der Waals surface area contributed by atoms with E-state index in [4.69, 9.17) is 20.9 Å². The smallest absolute Gasteiger partial charge is 0.323 e. The average molecular weight is 465 g/mol. The van der Waals surface area contributed by atoms with Crippen molar-refractivity contribution >= 4 is 34.8 Å². The molecule has 1 unspecified atom stereocenters. The SMILES string of the molecule is CC(=O)CCCC(=O)OCCC(COC(=O)[C@@H](N)C(C)C)Cn1cnc2c(=O)[nH]c(N)nc21. The molecule has 0 aliphatic heterocycles. The summed E-state index contributed by atoms with van der Waals surface area (Å²) in [5.74, 6) is -1.31. The molecule has 0 aliphatic carbocycles. The van der Waals surface area contributed by atoms with E-state index in [0.717, 1.165) is 0 Å². The van der Waals surface area contributed by atoms with Gasteiger partial charge in [-0.25, -0.2) is 4.98 Å². The van der Waals surface area contributed by atoms with E-state index in [2.05, 4.69) is 15.0 Å². The van der Waals surface area contributed by atoms with Crippen molar-refractivity contribution in [2.75, 3.05) is 18.9 Å². The van der Waals surface area contributed by atoms with E-state index in [9.17, 15) is 19.2 Å². The number of nitrogen functional groups attached to an aromatic ring is 1. The predicted octanol–water partition coefficient (Wildman–Crippen LogP) is 0.537. The highest BCUT2D eigenvalue weighted by Crippen LogP contribution is 2.14. The topological polar surface area (TPSA) is 185 Å². The molecule has 0 bridgehead atoms. The summed E-state index contributed by atoms with van der Waals surface area (Å²) in [6.45, 7) is 5.52. The van der Waals surface area contributed by atoms with Gasteiger partial charge in [0.25, 0.3) is 5.56 Å². The van der Waals surface area contributed by atoms with Crippen molar-refractivity contribution in [1.29, 1.82) is 0 Å². The number of aromatic amines is 1. The number of ketones is 1. The van der Waals surface area contributed by atoms with Crippen molar-refractivity contribution in [3.05, 3.63) is 16.7 Å². The summed E-state index contributed by atoms with van der Waals surface area (Å²) in [5.41, 5.74) is 11.5. The lowest BCUT2D eigenvalue weighted by Gasteiger charge is -2.20. The van der Waals surface area contributed by atoms with Gasteiger partial charge in [0.05, 0.1) is 19.5 Å². The molecule has 0 aliphatic rings.